The molecular weight excluding hydrogens is 355 g/mol. The Hall–Kier alpha value is -3.00. The Labute approximate surface area is 153 Å². The zero-order valence-electron chi connectivity index (χ0n) is 14.4. The van der Waals surface area contributed by atoms with Crippen molar-refractivity contribution in [2.24, 2.45) is 0 Å². The number of amides is 1. The summed E-state index contributed by atoms with van der Waals surface area (Å²) >= 11 is 1.08. The highest BCUT2D eigenvalue weighted by Gasteiger charge is 2.16. The van der Waals surface area contributed by atoms with Crippen molar-refractivity contribution in [1.29, 1.82) is 0 Å². The molecular formula is C18H17FN4O2S. The van der Waals surface area contributed by atoms with Crippen LogP contribution in [0.4, 0.5) is 21.0 Å². The molecule has 1 aromatic carbocycles. The summed E-state index contributed by atoms with van der Waals surface area (Å²) in [6.07, 6.45) is 2.90. The Kier molecular flexibility index (Phi) is 4.85. The molecule has 0 radical (unpaired) electrons. The van der Waals surface area contributed by atoms with E-state index in [0.29, 0.717) is 26.8 Å². The van der Waals surface area contributed by atoms with Crippen molar-refractivity contribution in [3.63, 3.8) is 0 Å². The number of pyridine rings is 1. The van der Waals surface area contributed by atoms with E-state index in [9.17, 15) is 14.3 Å². The lowest BCUT2D eigenvalue weighted by Crippen LogP contribution is -2.12. The molecule has 0 aliphatic heterocycles. The Morgan fingerprint density at radius 2 is 1.92 bits per heavy atom. The normalized spacial score (nSPS) is 10.6. The average Bonchev–Trinajstić information content (AvgIpc) is 3.08. The number of carbonyl (C=O) groups is 1. The summed E-state index contributed by atoms with van der Waals surface area (Å²) in [5.41, 5.74) is 2.45. The SMILES string of the molecule is Cc1ccnc(Nc2ncc(C(=O)Nc3c(C)ccc(O)c3C)s2)c1F. The number of phenols is 1. The number of halogens is 1. The third kappa shape index (κ3) is 3.50. The number of thiazole rings is 1. The molecule has 0 saturated heterocycles. The Bertz CT molecular complexity index is 987. The molecule has 0 aliphatic carbocycles. The maximum Gasteiger partial charge on any atom is 0.267 e. The van der Waals surface area contributed by atoms with Crippen molar-refractivity contribution in [1.82, 2.24) is 9.97 Å². The third-order valence-corrected chi connectivity index (χ3v) is 4.83. The minimum Gasteiger partial charge on any atom is -0.508 e. The Morgan fingerprint density at radius 3 is 2.69 bits per heavy atom. The third-order valence-electron chi connectivity index (χ3n) is 3.92. The molecule has 8 heteroatoms. The predicted octanol–water partition coefficient (Wildman–Crippen LogP) is 4.30. The van der Waals surface area contributed by atoms with Gasteiger partial charge in [-0.15, -0.1) is 0 Å². The molecule has 2 aromatic heterocycles. The molecule has 6 nitrogen and oxygen atoms in total. The van der Waals surface area contributed by atoms with Crippen LogP contribution in [0.15, 0.2) is 30.6 Å². The first kappa shape index (κ1) is 17.8. The lowest BCUT2D eigenvalue weighted by Gasteiger charge is -2.11. The molecule has 0 spiro atoms. The quantitative estimate of drug-likeness (QED) is 0.635. The number of aromatic hydroxyl groups is 1. The van der Waals surface area contributed by atoms with Gasteiger partial charge in [-0.1, -0.05) is 17.4 Å². The smallest absolute Gasteiger partial charge is 0.267 e. The number of nitrogens with zero attached hydrogens (tertiary/aromatic N) is 2. The number of hydrogen-bond acceptors (Lipinski definition) is 6. The van der Waals surface area contributed by atoms with Gasteiger partial charge < -0.3 is 15.7 Å². The second-order valence-electron chi connectivity index (χ2n) is 5.80. The second kappa shape index (κ2) is 7.09. The van der Waals surface area contributed by atoms with E-state index >= 15 is 0 Å². The minimum absolute atomic E-state index is 0.0611. The van der Waals surface area contributed by atoms with Crippen LogP contribution < -0.4 is 10.6 Å². The molecule has 3 rings (SSSR count). The van der Waals surface area contributed by atoms with Crippen molar-refractivity contribution in [2.75, 3.05) is 10.6 Å². The number of phenolic OH excluding ortho intramolecular Hbond substituents is 1. The van der Waals surface area contributed by atoms with Gasteiger partial charge in [0.2, 0.25) is 0 Å². The van der Waals surface area contributed by atoms with Crippen molar-refractivity contribution >= 4 is 33.9 Å². The number of hydrogen-bond donors (Lipinski definition) is 3. The Balaban J connectivity index is 1.79. The highest BCUT2D eigenvalue weighted by atomic mass is 32.1. The lowest BCUT2D eigenvalue weighted by atomic mass is 10.1. The second-order valence-corrected chi connectivity index (χ2v) is 6.83. The van der Waals surface area contributed by atoms with Gasteiger partial charge in [-0.25, -0.2) is 14.4 Å². The van der Waals surface area contributed by atoms with Gasteiger partial charge in [-0.05, 0) is 44.0 Å². The summed E-state index contributed by atoms with van der Waals surface area (Å²) in [5.74, 6) is -0.644. The van der Waals surface area contributed by atoms with Crippen LogP contribution in [0.2, 0.25) is 0 Å². The van der Waals surface area contributed by atoms with Crippen LogP contribution in [-0.4, -0.2) is 21.0 Å². The van der Waals surface area contributed by atoms with Crippen molar-refractivity contribution in [3.05, 3.63) is 58.0 Å². The van der Waals surface area contributed by atoms with E-state index in [1.165, 1.54) is 12.4 Å². The van der Waals surface area contributed by atoms with Crippen molar-refractivity contribution < 1.29 is 14.3 Å². The number of aryl methyl sites for hydroxylation is 2. The lowest BCUT2D eigenvalue weighted by molar-refractivity contribution is 0.103. The zero-order valence-corrected chi connectivity index (χ0v) is 15.2. The number of nitrogens with one attached hydrogen (secondary N) is 2. The number of rotatable bonds is 4. The van der Waals surface area contributed by atoms with Crippen LogP contribution >= 0.6 is 11.3 Å². The van der Waals surface area contributed by atoms with Gasteiger partial charge in [0, 0.05) is 11.8 Å². The van der Waals surface area contributed by atoms with Crippen molar-refractivity contribution in [3.8, 4) is 5.75 Å². The fraction of sp³-hybridized carbons (Fsp3) is 0.167. The molecule has 3 N–H and O–H groups in total. The van der Waals surface area contributed by atoms with Gasteiger partial charge in [0.25, 0.3) is 5.91 Å². The number of benzene rings is 1. The molecule has 0 bridgehead atoms. The maximum absolute atomic E-state index is 14.0. The summed E-state index contributed by atoms with van der Waals surface area (Å²) in [4.78, 5) is 20.9. The first-order valence-electron chi connectivity index (χ1n) is 7.81. The first-order valence-corrected chi connectivity index (χ1v) is 8.63. The van der Waals surface area contributed by atoms with E-state index in [-0.39, 0.29) is 17.5 Å². The molecule has 2 heterocycles. The molecule has 0 saturated carbocycles. The standard InChI is InChI=1S/C18H17FN4O2S/c1-9-6-7-20-16(14(9)19)23-18-21-8-13(26-18)17(25)22-15-10(2)4-5-12(24)11(15)3/h4-8,24H,1-3H3,(H,22,25)(H,20,21,23). The van der Waals surface area contributed by atoms with E-state index in [1.807, 2.05) is 6.92 Å². The molecule has 3 aromatic rings. The van der Waals surface area contributed by atoms with Gasteiger partial charge in [-0.3, -0.25) is 4.79 Å². The van der Waals surface area contributed by atoms with Gasteiger partial charge >= 0.3 is 0 Å². The van der Waals surface area contributed by atoms with Crippen LogP contribution in [0.25, 0.3) is 0 Å². The van der Waals surface area contributed by atoms with E-state index in [4.69, 9.17) is 0 Å². The van der Waals surface area contributed by atoms with Crippen LogP contribution in [0.3, 0.4) is 0 Å². The highest BCUT2D eigenvalue weighted by molar-refractivity contribution is 7.17. The number of anilines is 3. The van der Waals surface area contributed by atoms with Gasteiger partial charge in [0.1, 0.15) is 10.6 Å². The molecule has 26 heavy (non-hydrogen) atoms. The maximum atomic E-state index is 14.0. The first-order chi connectivity index (χ1) is 12.4. The Morgan fingerprint density at radius 1 is 1.15 bits per heavy atom. The van der Waals surface area contributed by atoms with Crippen LogP contribution in [0, 0.1) is 26.6 Å². The van der Waals surface area contributed by atoms with E-state index in [2.05, 4.69) is 20.6 Å². The van der Waals surface area contributed by atoms with Crippen LogP contribution in [0.5, 0.6) is 5.75 Å². The highest BCUT2D eigenvalue weighted by Crippen LogP contribution is 2.29. The van der Waals surface area contributed by atoms with E-state index in [1.54, 1.807) is 32.0 Å². The van der Waals surface area contributed by atoms with Gasteiger partial charge in [0.15, 0.2) is 16.8 Å². The summed E-state index contributed by atoms with van der Waals surface area (Å²) in [7, 11) is 0. The van der Waals surface area contributed by atoms with Gasteiger partial charge in [0.05, 0.1) is 11.9 Å². The number of carbonyl (C=O) groups excluding carboxylic acids is 1. The molecule has 1 amide bonds. The summed E-state index contributed by atoms with van der Waals surface area (Å²) in [6, 6.07) is 4.88. The topological polar surface area (TPSA) is 87.1 Å². The summed E-state index contributed by atoms with van der Waals surface area (Å²) < 4.78 is 14.0. The monoisotopic (exact) mass is 372 g/mol. The number of aromatic nitrogens is 2. The molecule has 0 fully saturated rings. The molecule has 0 aliphatic rings. The fourth-order valence-corrected chi connectivity index (χ4v) is 3.08. The average molecular weight is 372 g/mol. The predicted molar refractivity (Wildman–Crippen MR) is 99.9 cm³/mol. The zero-order chi connectivity index (χ0) is 18.8. The fourth-order valence-electron chi connectivity index (χ4n) is 2.37. The summed E-state index contributed by atoms with van der Waals surface area (Å²) in [6.45, 7) is 5.21. The van der Waals surface area contributed by atoms with E-state index in [0.717, 1.165) is 16.9 Å². The molecule has 0 atom stereocenters. The van der Waals surface area contributed by atoms with Crippen molar-refractivity contribution in [2.45, 2.75) is 20.8 Å². The van der Waals surface area contributed by atoms with Crippen LogP contribution in [-0.2, 0) is 0 Å². The minimum atomic E-state index is -0.459. The van der Waals surface area contributed by atoms with Gasteiger partial charge in [-0.2, -0.15) is 0 Å². The van der Waals surface area contributed by atoms with Crippen LogP contribution in [0.1, 0.15) is 26.4 Å². The molecule has 134 valence electrons. The largest absolute Gasteiger partial charge is 0.508 e. The van der Waals surface area contributed by atoms with E-state index < -0.39 is 5.82 Å². The summed E-state index contributed by atoms with van der Waals surface area (Å²) in [5, 5.41) is 15.7. The molecule has 0 unspecified atom stereocenters.